The molecule has 182 valence electrons. The molecule has 0 radical (unpaired) electrons. The molecular formula is C22H35N7O4. The number of fused-ring (bicyclic) bond motifs is 1. The summed E-state index contributed by atoms with van der Waals surface area (Å²) in [5.41, 5.74) is 0.830. The second-order valence-electron chi connectivity index (χ2n) is 9.93. The molecule has 2 aromatic heterocycles. The molecule has 2 aliphatic heterocycles. The smallest absolute Gasteiger partial charge is 0.410 e. The third kappa shape index (κ3) is 4.64. The lowest BCUT2D eigenvalue weighted by atomic mass is 10.1. The Hall–Kier alpha value is -2.82. The minimum Gasteiger partial charge on any atom is -0.444 e. The average molecular weight is 462 g/mol. The van der Waals surface area contributed by atoms with Crippen molar-refractivity contribution in [2.75, 3.05) is 62.3 Å². The molecule has 0 saturated carbocycles. The molecule has 0 aromatic carbocycles. The first-order valence-corrected chi connectivity index (χ1v) is 11.6. The van der Waals surface area contributed by atoms with Crippen molar-refractivity contribution in [2.24, 2.45) is 7.05 Å². The Morgan fingerprint density at radius 2 is 1.67 bits per heavy atom. The normalized spacial score (nSPS) is 17.8. The number of amides is 1. The Morgan fingerprint density at radius 3 is 2.24 bits per heavy atom. The number of carbonyl (C=O) groups excluding carboxylic acids is 1. The lowest BCUT2D eigenvalue weighted by Gasteiger charge is -2.37. The number of anilines is 2. The third-order valence-electron chi connectivity index (χ3n) is 5.97. The summed E-state index contributed by atoms with van der Waals surface area (Å²) in [6.07, 6.45) is -0.319. The predicted molar refractivity (Wildman–Crippen MR) is 125 cm³/mol. The monoisotopic (exact) mass is 461 g/mol. The molecule has 11 heteroatoms. The van der Waals surface area contributed by atoms with Crippen molar-refractivity contribution >= 4 is 23.5 Å². The summed E-state index contributed by atoms with van der Waals surface area (Å²) in [4.78, 5) is 36.6. The summed E-state index contributed by atoms with van der Waals surface area (Å²) < 4.78 is 14.3. The van der Waals surface area contributed by atoms with Crippen molar-refractivity contribution in [1.29, 1.82) is 0 Å². The van der Waals surface area contributed by atoms with E-state index >= 15 is 0 Å². The topological polar surface area (TPSA) is 97.4 Å². The van der Waals surface area contributed by atoms with Crippen LogP contribution in [-0.2, 0) is 16.5 Å². The molecule has 4 heterocycles. The number of carbonyl (C=O) groups is 1. The Bertz CT molecular complexity index is 1070. The molecule has 1 amide bonds. The van der Waals surface area contributed by atoms with Gasteiger partial charge in [-0.15, -0.1) is 5.10 Å². The van der Waals surface area contributed by atoms with Crippen LogP contribution in [0.25, 0.3) is 5.78 Å². The fourth-order valence-corrected chi connectivity index (χ4v) is 4.42. The van der Waals surface area contributed by atoms with Crippen molar-refractivity contribution in [1.82, 2.24) is 24.1 Å². The van der Waals surface area contributed by atoms with Gasteiger partial charge in [-0.05, 0) is 26.7 Å². The predicted octanol–water partition coefficient (Wildman–Crippen LogP) is 1.45. The van der Waals surface area contributed by atoms with E-state index in [-0.39, 0.29) is 17.6 Å². The fourth-order valence-electron chi connectivity index (χ4n) is 4.42. The molecule has 0 N–H and O–H groups in total. The molecule has 0 unspecified atom stereocenters. The average Bonchev–Trinajstić information content (AvgIpc) is 3.22. The standard InChI is InChI=1S/C22H35N7O4/c1-15(2)16-17(26-7-9-28(10-8-26)21(31)33-22(3,4)5)18(30)29-20(25(16)6)23-19(24-29)27-11-13-32-14-12-27/h15H,7-14H2,1-6H3. The minimum absolute atomic E-state index is 0.107. The Balaban J connectivity index is 1.66. The van der Waals surface area contributed by atoms with Crippen LogP contribution in [0.5, 0.6) is 0 Å². The van der Waals surface area contributed by atoms with E-state index in [1.807, 2.05) is 37.3 Å². The van der Waals surface area contributed by atoms with Crippen LogP contribution < -0.4 is 15.4 Å². The first kappa shape index (κ1) is 23.3. The number of nitrogens with zero attached hydrogens (tertiary/aromatic N) is 7. The van der Waals surface area contributed by atoms with Gasteiger partial charge in [-0.2, -0.15) is 9.50 Å². The SMILES string of the molecule is CC(C)c1c(N2CCN(C(=O)OC(C)(C)C)CC2)c(=O)n2nc(N3CCOCC3)nc2n1C. The van der Waals surface area contributed by atoms with Gasteiger partial charge >= 0.3 is 6.09 Å². The van der Waals surface area contributed by atoms with E-state index in [1.165, 1.54) is 4.52 Å². The number of morpholine rings is 1. The van der Waals surface area contributed by atoms with Crippen molar-refractivity contribution in [3.05, 3.63) is 16.0 Å². The van der Waals surface area contributed by atoms with Crippen LogP contribution in [-0.4, -0.2) is 88.2 Å². The summed E-state index contributed by atoms with van der Waals surface area (Å²) >= 11 is 0. The number of hydrogen-bond donors (Lipinski definition) is 0. The maximum Gasteiger partial charge on any atom is 0.410 e. The van der Waals surface area contributed by atoms with Crippen LogP contribution in [0.4, 0.5) is 16.4 Å². The van der Waals surface area contributed by atoms with Crippen LogP contribution in [0.15, 0.2) is 4.79 Å². The van der Waals surface area contributed by atoms with Gasteiger partial charge in [0, 0.05) is 46.3 Å². The second-order valence-corrected chi connectivity index (χ2v) is 9.93. The Kier molecular flexibility index (Phi) is 6.26. The van der Waals surface area contributed by atoms with Crippen molar-refractivity contribution in [3.8, 4) is 0 Å². The number of aryl methyl sites for hydroxylation is 1. The van der Waals surface area contributed by atoms with Gasteiger partial charge in [0.1, 0.15) is 11.3 Å². The highest BCUT2D eigenvalue weighted by Gasteiger charge is 2.30. The van der Waals surface area contributed by atoms with Gasteiger partial charge in [-0.25, -0.2) is 4.79 Å². The van der Waals surface area contributed by atoms with Crippen LogP contribution >= 0.6 is 0 Å². The highest BCUT2D eigenvalue weighted by Crippen LogP contribution is 2.27. The van der Waals surface area contributed by atoms with Crippen molar-refractivity contribution < 1.29 is 14.3 Å². The molecule has 0 spiro atoms. The van der Waals surface area contributed by atoms with E-state index < -0.39 is 5.60 Å². The highest BCUT2D eigenvalue weighted by atomic mass is 16.6. The van der Waals surface area contributed by atoms with Crippen LogP contribution in [0.3, 0.4) is 0 Å². The largest absolute Gasteiger partial charge is 0.444 e. The number of ether oxygens (including phenoxy) is 2. The van der Waals surface area contributed by atoms with E-state index in [2.05, 4.69) is 23.8 Å². The fraction of sp³-hybridized carbons (Fsp3) is 0.727. The second kappa shape index (κ2) is 8.85. The Labute approximate surface area is 193 Å². The molecule has 11 nitrogen and oxygen atoms in total. The zero-order valence-electron chi connectivity index (χ0n) is 20.5. The van der Waals surface area contributed by atoms with Gasteiger partial charge in [0.25, 0.3) is 5.56 Å². The summed E-state index contributed by atoms with van der Waals surface area (Å²) in [7, 11) is 1.93. The molecule has 2 aromatic rings. The molecule has 0 atom stereocenters. The van der Waals surface area contributed by atoms with Gasteiger partial charge in [0.05, 0.1) is 18.9 Å². The minimum atomic E-state index is -0.536. The zero-order valence-corrected chi connectivity index (χ0v) is 20.5. The van der Waals surface area contributed by atoms with E-state index in [1.54, 1.807) is 4.90 Å². The maximum atomic E-state index is 13.7. The molecule has 2 fully saturated rings. The van der Waals surface area contributed by atoms with Crippen LogP contribution in [0.1, 0.15) is 46.2 Å². The molecule has 2 saturated heterocycles. The number of aromatic nitrogens is 4. The van der Waals surface area contributed by atoms with Gasteiger partial charge in [0.15, 0.2) is 0 Å². The first-order valence-electron chi connectivity index (χ1n) is 11.6. The van der Waals surface area contributed by atoms with E-state index in [0.717, 1.165) is 5.69 Å². The van der Waals surface area contributed by atoms with Crippen LogP contribution in [0.2, 0.25) is 0 Å². The summed E-state index contributed by atoms with van der Waals surface area (Å²) in [6.45, 7) is 14.4. The van der Waals surface area contributed by atoms with Crippen molar-refractivity contribution in [3.63, 3.8) is 0 Å². The number of hydrogen-bond acceptors (Lipinski definition) is 8. The van der Waals surface area contributed by atoms with E-state index in [4.69, 9.17) is 14.5 Å². The molecule has 0 bridgehead atoms. The lowest BCUT2D eigenvalue weighted by Crippen LogP contribution is -2.51. The van der Waals surface area contributed by atoms with Crippen molar-refractivity contribution in [2.45, 2.75) is 46.1 Å². The Morgan fingerprint density at radius 1 is 1.03 bits per heavy atom. The summed E-state index contributed by atoms with van der Waals surface area (Å²) in [5.74, 6) is 1.18. The molecule has 4 rings (SSSR count). The van der Waals surface area contributed by atoms with Gasteiger partial charge < -0.3 is 28.7 Å². The third-order valence-corrected chi connectivity index (χ3v) is 5.97. The lowest BCUT2D eigenvalue weighted by molar-refractivity contribution is 0.0240. The zero-order chi connectivity index (χ0) is 23.9. The van der Waals surface area contributed by atoms with Gasteiger partial charge in [0.2, 0.25) is 11.7 Å². The molecular weight excluding hydrogens is 426 g/mol. The first-order chi connectivity index (χ1) is 15.6. The summed E-state index contributed by atoms with van der Waals surface area (Å²) in [6, 6.07) is 0. The highest BCUT2D eigenvalue weighted by molar-refractivity contribution is 5.69. The quantitative estimate of drug-likeness (QED) is 0.678. The van der Waals surface area contributed by atoms with Gasteiger partial charge in [-0.1, -0.05) is 13.8 Å². The molecule has 0 aliphatic carbocycles. The number of piperazine rings is 1. The van der Waals surface area contributed by atoms with E-state index in [9.17, 15) is 9.59 Å². The van der Waals surface area contributed by atoms with E-state index in [0.29, 0.717) is 69.9 Å². The summed E-state index contributed by atoms with van der Waals surface area (Å²) in [5, 5.41) is 4.57. The van der Waals surface area contributed by atoms with Crippen LogP contribution in [0, 0.1) is 0 Å². The van der Waals surface area contributed by atoms with Gasteiger partial charge in [-0.3, -0.25) is 4.79 Å². The molecule has 33 heavy (non-hydrogen) atoms. The molecule has 2 aliphatic rings. The number of rotatable bonds is 3. The maximum absolute atomic E-state index is 13.7.